The third kappa shape index (κ3) is 7.10. The molecule has 1 rings (SSSR count). The van der Waals surface area contributed by atoms with Gasteiger partial charge in [-0.2, -0.15) is 0 Å². The molecule has 8 heteroatoms. The molecule has 25 heavy (non-hydrogen) atoms. The van der Waals surface area contributed by atoms with Gasteiger partial charge in [-0.25, -0.2) is 0 Å². The first-order chi connectivity index (χ1) is 11.1. The molecular formula is C17H27Cl2N3O3. The third-order valence-electron chi connectivity index (χ3n) is 3.62. The van der Waals surface area contributed by atoms with E-state index in [1.165, 1.54) is 7.11 Å². The normalized spacial score (nSPS) is 12.0. The van der Waals surface area contributed by atoms with Crippen LogP contribution in [-0.2, 0) is 9.59 Å². The molecule has 0 saturated heterocycles. The number of nitrogens with two attached hydrogens (primary N) is 1. The number of rotatable bonds is 6. The lowest BCUT2D eigenvalue weighted by Gasteiger charge is -2.25. The molecule has 0 fully saturated rings. The Kier molecular flexibility index (Phi) is 9.26. The lowest BCUT2D eigenvalue weighted by molar-refractivity contribution is -0.124. The van der Waals surface area contributed by atoms with Gasteiger partial charge in [-0.15, -0.1) is 12.4 Å². The van der Waals surface area contributed by atoms with Crippen LogP contribution in [0.2, 0.25) is 5.02 Å². The summed E-state index contributed by atoms with van der Waals surface area (Å²) in [5, 5.41) is 6.00. The number of hydrogen-bond acceptors (Lipinski definition) is 4. The first kappa shape index (κ1) is 23.5. The molecule has 4 N–H and O–H groups in total. The van der Waals surface area contributed by atoms with Crippen molar-refractivity contribution in [2.45, 2.75) is 40.2 Å². The molecule has 0 heterocycles. The second-order valence-electron chi connectivity index (χ2n) is 6.73. The number of methoxy groups -OCH3 is 1. The van der Waals surface area contributed by atoms with Gasteiger partial charge in [0.05, 0.1) is 18.8 Å². The Labute approximate surface area is 160 Å². The summed E-state index contributed by atoms with van der Waals surface area (Å²) in [6.45, 7) is 7.71. The number of halogens is 2. The van der Waals surface area contributed by atoms with Crippen LogP contribution in [0.1, 0.15) is 32.8 Å². The van der Waals surface area contributed by atoms with Crippen LogP contribution >= 0.6 is 24.0 Å². The Bertz CT molecular complexity index is 616. The predicted molar refractivity (Wildman–Crippen MR) is 104 cm³/mol. The van der Waals surface area contributed by atoms with Crippen molar-refractivity contribution in [3.8, 4) is 5.75 Å². The van der Waals surface area contributed by atoms with E-state index in [0.29, 0.717) is 16.5 Å². The predicted octanol–water partition coefficient (Wildman–Crippen LogP) is 2.90. The van der Waals surface area contributed by atoms with E-state index in [-0.39, 0.29) is 42.6 Å². The largest absolute Gasteiger partial charge is 0.495 e. The highest BCUT2D eigenvalue weighted by Crippen LogP contribution is 2.30. The van der Waals surface area contributed by atoms with Crippen molar-refractivity contribution in [2.75, 3.05) is 19.0 Å². The van der Waals surface area contributed by atoms with E-state index in [1.54, 1.807) is 12.1 Å². The molecule has 0 spiro atoms. The molecule has 0 bridgehead atoms. The number of anilines is 1. The Balaban J connectivity index is 0.00000576. The van der Waals surface area contributed by atoms with Crippen LogP contribution in [0.4, 0.5) is 5.69 Å². The fraction of sp³-hybridized carbons (Fsp3) is 0.529. The first-order valence-electron chi connectivity index (χ1n) is 7.73. The number of carbonyl (C=O) groups excluding carboxylic acids is 2. The molecule has 0 aliphatic rings. The van der Waals surface area contributed by atoms with Gasteiger partial charge >= 0.3 is 0 Å². The summed E-state index contributed by atoms with van der Waals surface area (Å²) in [6, 6.07) is 2.77. The summed E-state index contributed by atoms with van der Waals surface area (Å²) in [4.78, 5) is 24.0. The second-order valence-corrected chi connectivity index (χ2v) is 7.14. The van der Waals surface area contributed by atoms with E-state index >= 15 is 0 Å². The van der Waals surface area contributed by atoms with Gasteiger partial charge in [-0.05, 0) is 24.0 Å². The summed E-state index contributed by atoms with van der Waals surface area (Å²) in [7, 11) is 1.50. The van der Waals surface area contributed by atoms with Crippen molar-refractivity contribution < 1.29 is 14.3 Å². The molecule has 1 aromatic carbocycles. The fourth-order valence-electron chi connectivity index (χ4n) is 1.95. The van der Waals surface area contributed by atoms with E-state index in [4.69, 9.17) is 22.1 Å². The molecule has 142 valence electrons. The molecule has 1 aromatic rings. The topological polar surface area (TPSA) is 93.5 Å². The molecule has 0 saturated carbocycles. The molecule has 2 amide bonds. The van der Waals surface area contributed by atoms with Crippen molar-refractivity contribution in [1.29, 1.82) is 0 Å². The van der Waals surface area contributed by atoms with Crippen LogP contribution in [-0.4, -0.2) is 31.5 Å². The van der Waals surface area contributed by atoms with Crippen LogP contribution in [0.5, 0.6) is 5.75 Å². The zero-order valence-corrected chi connectivity index (χ0v) is 16.8. The summed E-state index contributed by atoms with van der Waals surface area (Å²) in [6.07, 6.45) is 0.132. The van der Waals surface area contributed by atoms with Crippen molar-refractivity contribution in [3.63, 3.8) is 0 Å². The summed E-state index contributed by atoms with van der Waals surface area (Å²) in [5.41, 5.74) is 6.90. The number of nitrogens with one attached hydrogen (secondary N) is 2. The third-order valence-corrected chi connectivity index (χ3v) is 4.03. The second kappa shape index (κ2) is 9.85. The zero-order chi connectivity index (χ0) is 18.5. The van der Waals surface area contributed by atoms with Gasteiger partial charge < -0.3 is 21.1 Å². The van der Waals surface area contributed by atoms with Crippen molar-refractivity contribution in [1.82, 2.24) is 5.32 Å². The molecule has 1 atom stereocenters. The molecule has 0 unspecified atom stereocenters. The van der Waals surface area contributed by atoms with Crippen LogP contribution in [0.3, 0.4) is 0 Å². The van der Waals surface area contributed by atoms with Gasteiger partial charge in [0.25, 0.3) is 0 Å². The maximum absolute atomic E-state index is 12.0. The maximum Gasteiger partial charge on any atom is 0.237 e. The lowest BCUT2D eigenvalue weighted by Crippen LogP contribution is -2.49. The molecule has 0 radical (unpaired) electrons. The number of carbonyl (C=O) groups is 2. The summed E-state index contributed by atoms with van der Waals surface area (Å²) in [5.74, 6) is -0.0207. The Morgan fingerprint density at radius 2 is 1.92 bits per heavy atom. The van der Waals surface area contributed by atoms with Gasteiger partial charge in [0.1, 0.15) is 5.75 Å². The molecule has 6 nitrogen and oxygen atoms in total. The molecule has 0 aliphatic heterocycles. The van der Waals surface area contributed by atoms with Crippen LogP contribution < -0.4 is 21.1 Å². The number of amides is 2. The SMILES string of the molecule is COc1cc(Cl)c(C)cc1NC(=O)CCNC(=O)[C@@H](N)C(C)(C)C.Cl. The molecule has 0 aromatic heterocycles. The van der Waals surface area contributed by atoms with Gasteiger partial charge in [0.15, 0.2) is 0 Å². The summed E-state index contributed by atoms with van der Waals surface area (Å²) >= 11 is 6.03. The highest BCUT2D eigenvalue weighted by molar-refractivity contribution is 6.31. The smallest absolute Gasteiger partial charge is 0.237 e. The minimum Gasteiger partial charge on any atom is -0.495 e. The highest BCUT2D eigenvalue weighted by atomic mass is 35.5. The van der Waals surface area contributed by atoms with Crippen LogP contribution in [0, 0.1) is 12.3 Å². The lowest BCUT2D eigenvalue weighted by atomic mass is 9.87. The van der Waals surface area contributed by atoms with E-state index in [0.717, 1.165) is 5.56 Å². The van der Waals surface area contributed by atoms with Gasteiger partial charge in [-0.1, -0.05) is 32.4 Å². The van der Waals surface area contributed by atoms with E-state index in [2.05, 4.69) is 10.6 Å². The highest BCUT2D eigenvalue weighted by Gasteiger charge is 2.27. The molecular weight excluding hydrogens is 365 g/mol. The van der Waals surface area contributed by atoms with Crippen LogP contribution in [0.25, 0.3) is 0 Å². The average Bonchev–Trinajstić information content (AvgIpc) is 2.48. The van der Waals surface area contributed by atoms with Gasteiger partial charge in [0, 0.05) is 24.1 Å². The van der Waals surface area contributed by atoms with Crippen LogP contribution in [0.15, 0.2) is 12.1 Å². The Morgan fingerprint density at radius 1 is 1.32 bits per heavy atom. The standard InChI is InChI=1S/C17H26ClN3O3.ClH/c1-10-8-12(13(24-5)9-11(10)18)21-14(22)6-7-20-16(23)15(19)17(2,3)4;/h8-9,15H,6-7,19H2,1-5H3,(H,20,23)(H,21,22);1H/t15-;/m1./s1. The van der Waals surface area contributed by atoms with E-state index < -0.39 is 6.04 Å². The Morgan fingerprint density at radius 3 is 2.44 bits per heavy atom. The minimum absolute atomic E-state index is 0. The van der Waals surface area contributed by atoms with Crippen molar-refractivity contribution in [3.05, 3.63) is 22.7 Å². The minimum atomic E-state index is -0.625. The summed E-state index contributed by atoms with van der Waals surface area (Å²) < 4.78 is 5.21. The van der Waals surface area contributed by atoms with E-state index in [1.807, 2.05) is 27.7 Å². The Hall–Kier alpha value is -1.50. The number of ether oxygens (including phenoxy) is 1. The van der Waals surface area contributed by atoms with Gasteiger partial charge in [-0.3, -0.25) is 9.59 Å². The fourth-order valence-corrected chi connectivity index (χ4v) is 2.10. The van der Waals surface area contributed by atoms with Crippen molar-refractivity contribution in [2.24, 2.45) is 11.1 Å². The van der Waals surface area contributed by atoms with E-state index in [9.17, 15) is 9.59 Å². The quantitative estimate of drug-likeness (QED) is 0.694. The number of benzene rings is 1. The number of aryl methyl sites for hydroxylation is 1. The number of hydrogen-bond donors (Lipinski definition) is 3. The molecule has 0 aliphatic carbocycles. The first-order valence-corrected chi connectivity index (χ1v) is 8.11. The monoisotopic (exact) mass is 391 g/mol. The maximum atomic E-state index is 12.0. The van der Waals surface area contributed by atoms with Gasteiger partial charge in [0.2, 0.25) is 11.8 Å². The van der Waals surface area contributed by atoms with Crippen molar-refractivity contribution >= 4 is 41.5 Å². The average molecular weight is 392 g/mol. The zero-order valence-electron chi connectivity index (χ0n) is 15.2.